The van der Waals surface area contributed by atoms with Crippen molar-refractivity contribution < 1.29 is 14.3 Å². The molecule has 0 fully saturated rings. The largest absolute Gasteiger partial charge is 0.465 e. The summed E-state index contributed by atoms with van der Waals surface area (Å²) in [6.07, 6.45) is 0. The molecular formula is C18H19ClN2O3. The number of nitrogens with one attached hydrogen (secondary N) is 1. The zero-order valence-electron chi connectivity index (χ0n) is 13.6. The highest BCUT2D eigenvalue weighted by Gasteiger charge is 2.12. The third-order valence-electron chi connectivity index (χ3n) is 3.37. The predicted octanol–water partition coefficient (Wildman–Crippen LogP) is 3.20. The molecule has 0 unspecified atom stereocenters. The second-order valence-corrected chi connectivity index (χ2v) is 5.80. The van der Waals surface area contributed by atoms with E-state index in [-0.39, 0.29) is 12.5 Å². The zero-order valence-corrected chi connectivity index (χ0v) is 14.3. The van der Waals surface area contributed by atoms with E-state index in [1.54, 1.807) is 12.1 Å². The van der Waals surface area contributed by atoms with Gasteiger partial charge in [-0.15, -0.1) is 0 Å². The molecule has 0 atom stereocenters. The van der Waals surface area contributed by atoms with Gasteiger partial charge in [-0.3, -0.25) is 9.69 Å². The van der Waals surface area contributed by atoms with Crippen molar-refractivity contribution in [2.45, 2.75) is 6.54 Å². The number of methoxy groups -OCH3 is 1. The average molecular weight is 347 g/mol. The molecule has 2 aromatic rings. The summed E-state index contributed by atoms with van der Waals surface area (Å²) < 4.78 is 4.66. The Balaban J connectivity index is 1.98. The van der Waals surface area contributed by atoms with E-state index in [0.29, 0.717) is 22.8 Å². The van der Waals surface area contributed by atoms with Crippen LogP contribution in [0.3, 0.4) is 0 Å². The van der Waals surface area contributed by atoms with Crippen molar-refractivity contribution in [2.24, 2.45) is 0 Å². The van der Waals surface area contributed by atoms with E-state index in [4.69, 9.17) is 11.6 Å². The summed E-state index contributed by atoms with van der Waals surface area (Å²) in [7, 11) is 3.16. The number of hydrogen-bond acceptors (Lipinski definition) is 4. The number of amides is 1. The molecule has 0 spiro atoms. The Hall–Kier alpha value is -2.37. The van der Waals surface area contributed by atoms with Gasteiger partial charge in [0, 0.05) is 6.54 Å². The molecule has 0 aliphatic carbocycles. The number of benzene rings is 2. The third kappa shape index (κ3) is 5.08. The van der Waals surface area contributed by atoms with Gasteiger partial charge in [-0.1, -0.05) is 41.9 Å². The second kappa shape index (κ2) is 8.47. The van der Waals surface area contributed by atoms with E-state index in [1.807, 2.05) is 42.3 Å². The molecule has 6 heteroatoms. The van der Waals surface area contributed by atoms with Crippen LogP contribution in [0.1, 0.15) is 15.9 Å². The molecule has 0 aliphatic heterocycles. The number of carbonyl (C=O) groups is 2. The van der Waals surface area contributed by atoms with Crippen LogP contribution in [0.25, 0.3) is 0 Å². The Kier molecular flexibility index (Phi) is 6.35. The number of nitrogens with zero attached hydrogens (tertiary/aromatic N) is 1. The van der Waals surface area contributed by atoms with Crippen LogP contribution in [0.2, 0.25) is 5.02 Å². The summed E-state index contributed by atoms with van der Waals surface area (Å²) in [6, 6.07) is 14.5. The summed E-state index contributed by atoms with van der Waals surface area (Å²) in [5.41, 5.74) is 1.84. The maximum Gasteiger partial charge on any atom is 0.337 e. The number of carbonyl (C=O) groups excluding carboxylic acids is 2. The van der Waals surface area contributed by atoms with E-state index in [1.165, 1.54) is 13.2 Å². The Morgan fingerprint density at radius 1 is 1.17 bits per heavy atom. The topological polar surface area (TPSA) is 58.6 Å². The van der Waals surface area contributed by atoms with Gasteiger partial charge in [-0.2, -0.15) is 0 Å². The second-order valence-electron chi connectivity index (χ2n) is 5.39. The van der Waals surface area contributed by atoms with Crippen LogP contribution in [-0.2, 0) is 16.1 Å². The number of hydrogen-bond donors (Lipinski definition) is 1. The summed E-state index contributed by atoms with van der Waals surface area (Å²) in [5, 5.41) is 3.09. The number of likely N-dealkylation sites (N-methyl/N-ethyl adjacent to an activating group) is 1. The van der Waals surface area contributed by atoms with Gasteiger partial charge in [0.05, 0.1) is 29.9 Å². The van der Waals surface area contributed by atoms with Crippen LogP contribution < -0.4 is 5.32 Å². The monoisotopic (exact) mass is 346 g/mol. The first-order valence-electron chi connectivity index (χ1n) is 7.40. The normalized spacial score (nSPS) is 10.5. The van der Waals surface area contributed by atoms with Gasteiger partial charge in [0.2, 0.25) is 5.91 Å². The maximum atomic E-state index is 12.2. The van der Waals surface area contributed by atoms with E-state index in [9.17, 15) is 9.59 Å². The Morgan fingerprint density at radius 3 is 2.54 bits per heavy atom. The van der Waals surface area contributed by atoms with Crippen LogP contribution in [0.5, 0.6) is 0 Å². The fourth-order valence-corrected chi connectivity index (χ4v) is 2.42. The molecule has 24 heavy (non-hydrogen) atoms. The van der Waals surface area contributed by atoms with Crippen molar-refractivity contribution in [1.82, 2.24) is 4.90 Å². The number of halogens is 1. The minimum absolute atomic E-state index is 0.202. The lowest BCUT2D eigenvalue weighted by Crippen LogP contribution is -2.30. The Morgan fingerprint density at radius 2 is 1.88 bits per heavy atom. The molecule has 0 heterocycles. The number of esters is 1. The average Bonchev–Trinajstić information content (AvgIpc) is 2.56. The molecule has 0 saturated carbocycles. The highest BCUT2D eigenvalue weighted by Crippen LogP contribution is 2.23. The summed E-state index contributed by atoms with van der Waals surface area (Å²) in [6.45, 7) is 0.859. The first-order chi connectivity index (χ1) is 11.5. The summed E-state index contributed by atoms with van der Waals surface area (Å²) >= 11 is 6.07. The highest BCUT2D eigenvalue weighted by atomic mass is 35.5. The van der Waals surface area contributed by atoms with Crippen LogP contribution in [0.4, 0.5) is 5.69 Å². The fraction of sp³-hybridized carbons (Fsp3) is 0.222. The molecule has 1 amide bonds. The van der Waals surface area contributed by atoms with Gasteiger partial charge < -0.3 is 10.1 Å². The number of ether oxygens (including phenoxy) is 1. The Labute approximate surface area is 146 Å². The van der Waals surface area contributed by atoms with Crippen molar-refractivity contribution in [2.75, 3.05) is 26.0 Å². The lowest BCUT2D eigenvalue weighted by atomic mass is 10.2. The molecule has 0 bridgehead atoms. The molecule has 0 aromatic heterocycles. The number of anilines is 1. The SMILES string of the molecule is COC(=O)c1ccc(Cl)c(NC(=O)CN(C)Cc2ccccc2)c1. The molecule has 126 valence electrons. The van der Waals surface area contributed by atoms with Crippen molar-refractivity contribution >= 4 is 29.2 Å². The van der Waals surface area contributed by atoms with Gasteiger partial charge in [-0.25, -0.2) is 4.79 Å². The molecule has 0 saturated heterocycles. The van der Waals surface area contributed by atoms with Gasteiger partial charge in [-0.05, 0) is 30.8 Å². The highest BCUT2D eigenvalue weighted by molar-refractivity contribution is 6.33. The van der Waals surface area contributed by atoms with E-state index in [2.05, 4.69) is 10.1 Å². The molecule has 0 aliphatic rings. The number of rotatable bonds is 6. The van der Waals surface area contributed by atoms with Gasteiger partial charge in [0.25, 0.3) is 0 Å². The molecule has 0 radical (unpaired) electrons. The summed E-state index contributed by atoms with van der Waals surface area (Å²) in [5.74, 6) is -0.694. The fourth-order valence-electron chi connectivity index (χ4n) is 2.25. The van der Waals surface area contributed by atoms with E-state index < -0.39 is 5.97 Å². The van der Waals surface area contributed by atoms with Gasteiger partial charge >= 0.3 is 5.97 Å². The van der Waals surface area contributed by atoms with Crippen LogP contribution in [-0.4, -0.2) is 37.5 Å². The van der Waals surface area contributed by atoms with Crippen molar-refractivity contribution in [3.05, 3.63) is 64.7 Å². The smallest absolute Gasteiger partial charge is 0.337 e. The first-order valence-corrected chi connectivity index (χ1v) is 7.77. The Bertz CT molecular complexity index is 719. The molecule has 1 N–H and O–H groups in total. The van der Waals surface area contributed by atoms with Crippen molar-refractivity contribution in [1.29, 1.82) is 0 Å². The molecule has 5 nitrogen and oxygen atoms in total. The minimum atomic E-state index is -0.483. The van der Waals surface area contributed by atoms with E-state index in [0.717, 1.165) is 5.56 Å². The minimum Gasteiger partial charge on any atom is -0.465 e. The standard InChI is InChI=1S/C18H19ClN2O3/c1-21(11-13-6-4-3-5-7-13)12-17(22)20-16-10-14(18(23)24-2)8-9-15(16)19/h3-10H,11-12H2,1-2H3,(H,20,22). The van der Waals surface area contributed by atoms with Crippen LogP contribution in [0, 0.1) is 0 Å². The maximum absolute atomic E-state index is 12.2. The quantitative estimate of drug-likeness (QED) is 0.816. The van der Waals surface area contributed by atoms with Crippen molar-refractivity contribution in [3.8, 4) is 0 Å². The lowest BCUT2D eigenvalue weighted by molar-refractivity contribution is -0.117. The third-order valence-corrected chi connectivity index (χ3v) is 3.70. The van der Waals surface area contributed by atoms with Gasteiger partial charge in [0.1, 0.15) is 0 Å². The zero-order chi connectivity index (χ0) is 17.5. The van der Waals surface area contributed by atoms with E-state index >= 15 is 0 Å². The molecule has 2 aromatic carbocycles. The lowest BCUT2D eigenvalue weighted by Gasteiger charge is -2.17. The molecular weight excluding hydrogens is 328 g/mol. The predicted molar refractivity (Wildman–Crippen MR) is 94.2 cm³/mol. The first kappa shape index (κ1) is 18.0. The van der Waals surface area contributed by atoms with Gasteiger partial charge in [0.15, 0.2) is 0 Å². The van der Waals surface area contributed by atoms with Crippen LogP contribution >= 0.6 is 11.6 Å². The van der Waals surface area contributed by atoms with Crippen LogP contribution in [0.15, 0.2) is 48.5 Å². The van der Waals surface area contributed by atoms with Crippen molar-refractivity contribution in [3.63, 3.8) is 0 Å². The molecule has 2 rings (SSSR count). The summed E-state index contributed by atoms with van der Waals surface area (Å²) in [4.78, 5) is 25.6.